The normalized spacial score (nSPS) is 18.8. The zero-order chi connectivity index (χ0) is 12.8. The van der Waals surface area contributed by atoms with E-state index in [0.29, 0.717) is 6.04 Å². The Kier molecular flexibility index (Phi) is 5.14. The maximum Gasteiger partial charge on any atom is 0.0578 e. The van der Waals surface area contributed by atoms with Crippen LogP contribution in [-0.2, 0) is 0 Å². The summed E-state index contributed by atoms with van der Waals surface area (Å²) in [5, 5.41) is 3.43. The van der Waals surface area contributed by atoms with Crippen LogP contribution in [0, 0.1) is 6.92 Å². The highest BCUT2D eigenvalue weighted by Gasteiger charge is 2.22. The molecule has 2 rings (SSSR count). The molecule has 1 saturated heterocycles. The molecule has 1 atom stereocenters. The molecule has 0 saturated carbocycles. The molecule has 1 unspecified atom stereocenters. The first-order valence-electron chi connectivity index (χ1n) is 7.19. The van der Waals surface area contributed by atoms with Crippen LogP contribution in [0.15, 0.2) is 18.2 Å². The van der Waals surface area contributed by atoms with Crippen LogP contribution < -0.4 is 5.32 Å². The van der Waals surface area contributed by atoms with E-state index in [4.69, 9.17) is 4.98 Å². The second-order valence-electron chi connectivity index (χ2n) is 5.15. The Labute approximate surface area is 111 Å². The van der Waals surface area contributed by atoms with Crippen molar-refractivity contribution in [3.8, 4) is 0 Å². The number of hydrogen-bond acceptors (Lipinski definition) is 3. The summed E-state index contributed by atoms with van der Waals surface area (Å²) in [5.41, 5.74) is 2.38. The second kappa shape index (κ2) is 6.86. The van der Waals surface area contributed by atoms with Crippen molar-refractivity contribution >= 4 is 0 Å². The van der Waals surface area contributed by atoms with Crippen LogP contribution in [0.4, 0.5) is 0 Å². The number of pyridine rings is 1. The first-order chi connectivity index (χ1) is 8.81. The van der Waals surface area contributed by atoms with Gasteiger partial charge in [-0.3, -0.25) is 9.88 Å². The van der Waals surface area contributed by atoms with Gasteiger partial charge in [-0.1, -0.05) is 25.8 Å². The van der Waals surface area contributed by atoms with Gasteiger partial charge in [-0.05, 0) is 25.5 Å². The fourth-order valence-electron chi connectivity index (χ4n) is 2.66. The first kappa shape index (κ1) is 13.5. The minimum Gasteiger partial charge on any atom is -0.314 e. The van der Waals surface area contributed by atoms with E-state index >= 15 is 0 Å². The van der Waals surface area contributed by atoms with Gasteiger partial charge in [0, 0.05) is 31.9 Å². The average molecular weight is 247 g/mol. The van der Waals surface area contributed by atoms with Gasteiger partial charge < -0.3 is 5.32 Å². The molecule has 1 aliphatic rings. The standard InChI is InChI=1S/C15H25N3/c1-3-4-8-15(18-11-9-16-10-12-18)14-7-5-6-13(2)17-14/h5-7,15-16H,3-4,8-12H2,1-2H3. The lowest BCUT2D eigenvalue weighted by molar-refractivity contribution is 0.160. The van der Waals surface area contributed by atoms with Gasteiger partial charge in [0.1, 0.15) is 0 Å². The Hall–Kier alpha value is -0.930. The topological polar surface area (TPSA) is 28.2 Å². The van der Waals surface area contributed by atoms with Gasteiger partial charge in [-0.25, -0.2) is 0 Å². The minimum atomic E-state index is 0.506. The Morgan fingerprint density at radius 1 is 1.33 bits per heavy atom. The maximum absolute atomic E-state index is 4.74. The molecule has 1 fully saturated rings. The molecule has 2 heterocycles. The summed E-state index contributed by atoms with van der Waals surface area (Å²) in [4.78, 5) is 7.33. The summed E-state index contributed by atoms with van der Waals surface area (Å²) < 4.78 is 0. The molecule has 18 heavy (non-hydrogen) atoms. The lowest BCUT2D eigenvalue weighted by Gasteiger charge is -2.34. The quantitative estimate of drug-likeness (QED) is 0.866. The number of hydrogen-bond donors (Lipinski definition) is 1. The first-order valence-corrected chi connectivity index (χ1v) is 7.19. The van der Waals surface area contributed by atoms with Gasteiger partial charge in [-0.2, -0.15) is 0 Å². The molecule has 100 valence electrons. The summed E-state index contributed by atoms with van der Waals surface area (Å²) in [5.74, 6) is 0. The van der Waals surface area contributed by atoms with Crippen molar-refractivity contribution in [3.05, 3.63) is 29.6 Å². The molecule has 3 nitrogen and oxygen atoms in total. The number of aromatic nitrogens is 1. The second-order valence-corrected chi connectivity index (χ2v) is 5.15. The third-order valence-corrected chi connectivity index (χ3v) is 3.67. The summed E-state index contributed by atoms with van der Waals surface area (Å²) in [6, 6.07) is 6.92. The van der Waals surface area contributed by atoms with Gasteiger partial charge in [0.2, 0.25) is 0 Å². The largest absolute Gasteiger partial charge is 0.314 e. The van der Waals surface area contributed by atoms with Crippen LogP contribution >= 0.6 is 0 Å². The molecule has 0 radical (unpaired) electrons. The van der Waals surface area contributed by atoms with E-state index in [0.717, 1.165) is 31.9 Å². The number of unbranched alkanes of at least 4 members (excludes halogenated alkanes) is 1. The molecule has 0 spiro atoms. The van der Waals surface area contributed by atoms with Gasteiger partial charge in [0.05, 0.1) is 11.7 Å². The van der Waals surface area contributed by atoms with Gasteiger partial charge >= 0.3 is 0 Å². The molecule has 0 amide bonds. The summed E-state index contributed by atoms with van der Waals surface area (Å²) in [6.07, 6.45) is 3.77. The number of nitrogens with one attached hydrogen (secondary N) is 1. The zero-order valence-electron chi connectivity index (χ0n) is 11.7. The number of nitrogens with zero attached hydrogens (tertiary/aromatic N) is 2. The van der Waals surface area contributed by atoms with E-state index in [-0.39, 0.29) is 0 Å². The van der Waals surface area contributed by atoms with Crippen LogP contribution in [0.1, 0.15) is 43.6 Å². The SMILES string of the molecule is CCCCC(c1cccc(C)n1)N1CCNCC1. The summed E-state index contributed by atoms with van der Waals surface area (Å²) in [7, 11) is 0. The fourth-order valence-corrected chi connectivity index (χ4v) is 2.66. The van der Waals surface area contributed by atoms with Gasteiger partial charge in [-0.15, -0.1) is 0 Å². The average Bonchev–Trinajstić information content (AvgIpc) is 2.40. The third kappa shape index (κ3) is 3.53. The lowest BCUT2D eigenvalue weighted by atomic mass is 10.0. The summed E-state index contributed by atoms with van der Waals surface area (Å²) in [6.45, 7) is 8.84. The van der Waals surface area contributed by atoms with E-state index in [2.05, 4.69) is 42.3 Å². The Balaban J connectivity index is 2.12. The predicted octanol–water partition coefficient (Wildman–Crippen LogP) is 2.53. The van der Waals surface area contributed by atoms with Crippen molar-refractivity contribution < 1.29 is 0 Å². The molecule has 1 N–H and O–H groups in total. The van der Waals surface area contributed by atoms with Crippen molar-refractivity contribution in [1.29, 1.82) is 0 Å². The molecular weight excluding hydrogens is 222 g/mol. The highest BCUT2D eigenvalue weighted by atomic mass is 15.2. The van der Waals surface area contributed by atoms with Crippen molar-refractivity contribution in [1.82, 2.24) is 15.2 Å². The van der Waals surface area contributed by atoms with E-state index in [1.165, 1.54) is 25.0 Å². The van der Waals surface area contributed by atoms with Crippen LogP contribution in [0.25, 0.3) is 0 Å². The van der Waals surface area contributed by atoms with E-state index in [1.54, 1.807) is 0 Å². The Morgan fingerprint density at radius 2 is 2.11 bits per heavy atom. The number of aryl methyl sites for hydroxylation is 1. The van der Waals surface area contributed by atoms with Gasteiger partial charge in [0.25, 0.3) is 0 Å². The van der Waals surface area contributed by atoms with Crippen LogP contribution in [0.3, 0.4) is 0 Å². The molecule has 0 bridgehead atoms. The summed E-state index contributed by atoms with van der Waals surface area (Å²) >= 11 is 0. The lowest BCUT2D eigenvalue weighted by Crippen LogP contribution is -2.45. The zero-order valence-corrected chi connectivity index (χ0v) is 11.7. The monoisotopic (exact) mass is 247 g/mol. The van der Waals surface area contributed by atoms with Crippen molar-refractivity contribution in [3.63, 3.8) is 0 Å². The van der Waals surface area contributed by atoms with E-state index in [9.17, 15) is 0 Å². The van der Waals surface area contributed by atoms with Crippen LogP contribution in [0.2, 0.25) is 0 Å². The van der Waals surface area contributed by atoms with Crippen LogP contribution in [-0.4, -0.2) is 36.1 Å². The molecule has 1 aliphatic heterocycles. The molecule has 0 aliphatic carbocycles. The minimum absolute atomic E-state index is 0.506. The molecule has 1 aromatic heterocycles. The van der Waals surface area contributed by atoms with Crippen molar-refractivity contribution in [2.75, 3.05) is 26.2 Å². The Morgan fingerprint density at radius 3 is 2.78 bits per heavy atom. The third-order valence-electron chi connectivity index (χ3n) is 3.67. The molecule has 0 aromatic carbocycles. The van der Waals surface area contributed by atoms with E-state index in [1.807, 2.05) is 0 Å². The van der Waals surface area contributed by atoms with Gasteiger partial charge in [0.15, 0.2) is 0 Å². The number of piperazine rings is 1. The Bertz CT molecular complexity index is 359. The maximum atomic E-state index is 4.74. The fraction of sp³-hybridized carbons (Fsp3) is 0.667. The van der Waals surface area contributed by atoms with E-state index < -0.39 is 0 Å². The molecule has 3 heteroatoms. The number of rotatable bonds is 5. The smallest absolute Gasteiger partial charge is 0.0578 e. The van der Waals surface area contributed by atoms with Crippen molar-refractivity contribution in [2.45, 2.75) is 39.2 Å². The molecule has 1 aromatic rings. The predicted molar refractivity (Wildman–Crippen MR) is 75.7 cm³/mol. The van der Waals surface area contributed by atoms with Crippen LogP contribution in [0.5, 0.6) is 0 Å². The van der Waals surface area contributed by atoms with Crippen molar-refractivity contribution in [2.24, 2.45) is 0 Å². The molecular formula is C15H25N3. The highest BCUT2D eigenvalue weighted by molar-refractivity contribution is 5.14. The highest BCUT2D eigenvalue weighted by Crippen LogP contribution is 2.25.